The molecule has 0 radical (unpaired) electrons. The summed E-state index contributed by atoms with van der Waals surface area (Å²) in [5.74, 6) is -0.355. The number of carbonyl (C=O) groups excluding carboxylic acids is 1. The van der Waals surface area contributed by atoms with Crippen molar-refractivity contribution in [3.8, 4) is 0 Å². The highest BCUT2D eigenvalue weighted by Gasteiger charge is 2.14. The number of anilines is 2. The molecule has 86 valence electrons. The molecular weight excluding hydrogens is 219 g/mol. The topological polar surface area (TPSA) is 46.3 Å². The molecule has 0 fully saturated rings. The lowest BCUT2D eigenvalue weighted by Crippen LogP contribution is -2.31. The van der Waals surface area contributed by atoms with Crippen LogP contribution in [-0.2, 0) is 0 Å². The second kappa shape index (κ2) is 4.65. The Morgan fingerprint density at radius 2 is 1.47 bits per heavy atom. The summed E-state index contributed by atoms with van der Waals surface area (Å²) >= 11 is 0. The first-order chi connectivity index (χ1) is 8.18. The van der Waals surface area contributed by atoms with Crippen LogP contribution in [0.5, 0.6) is 0 Å². The third kappa shape index (κ3) is 2.42. The summed E-state index contributed by atoms with van der Waals surface area (Å²) in [4.78, 5) is 12.8. The first kappa shape index (κ1) is 11.1. The number of rotatable bonds is 2. The van der Waals surface area contributed by atoms with Gasteiger partial charge >= 0.3 is 6.03 Å². The van der Waals surface area contributed by atoms with E-state index in [0.717, 1.165) is 0 Å². The van der Waals surface area contributed by atoms with E-state index in [-0.39, 0.29) is 5.82 Å². The number of nitrogens with two attached hydrogens (primary N) is 1. The van der Waals surface area contributed by atoms with Gasteiger partial charge < -0.3 is 5.73 Å². The van der Waals surface area contributed by atoms with E-state index in [2.05, 4.69) is 0 Å². The normalized spacial score (nSPS) is 9.94. The van der Waals surface area contributed by atoms with Gasteiger partial charge in [-0.3, -0.25) is 4.90 Å². The standard InChI is InChI=1S/C13H11FN2O/c14-10-6-8-12(9-7-10)16(13(15)17)11-4-2-1-3-5-11/h1-9H,(H2,15,17). The lowest BCUT2D eigenvalue weighted by atomic mass is 10.2. The molecule has 0 atom stereocenters. The Kier molecular flexibility index (Phi) is 3.05. The van der Waals surface area contributed by atoms with Crippen molar-refractivity contribution in [2.24, 2.45) is 5.73 Å². The second-order valence-corrected chi connectivity index (χ2v) is 3.49. The number of urea groups is 1. The molecule has 0 aromatic heterocycles. The van der Waals surface area contributed by atoms with Crippen LogP contribution in [0, 0.1) is 5.82 Å². The van der Waals surface area contributed by atoms with Crippen LogP contribution in [0.3, 0.4) is 0 Å². The van der Waals surface area contributed by atoms with E-state index in [9.17, 15) is 9.18 Å². The highest BCUT2D eigenvalue weighted by molar-refractivity contribution is 5.98. The fourth-order valence-corrected chi connectivity index (χ4v) is 1.57. The molecule has 2 aromatic rings. The third-order valence-corrected chi connectivity index (χ3v) is 2.32. The van der Waals surface area contributed by atoms with Crippen molar-refractivity contribution in [2.75, 3.05) is 4.90 Å². The molecule has 0 saturated carbocycles. The molecule has 2 rings (SSSR count). The minimum atomic E-state index is -0.609. The molecule has 17 heavy (non-hydrogen) atoms. The monoisotopic (exact) mass is 230 g/mol. The molecule has 0 aliphatic rings. The van der Waals surface area contributed by atoms with Crippen LogP contribution < -0.4 is 10.6 Å². The Morgan fingerprint density at radius 1 is 0.941 bits per heavy atom. The number of amides is 2. The molecule has 2 N–H and O–H groups in total. The van der Waals surface area contributed by atoms with Crippen molar-refractivity contribution in [2.45, 2.75) is 0 Å². The first-order valence-corrected chi connectivity index (χ1v) is 5.08. The van der Waals surface area contributed by atoms with Crippen LogP contribution in [0.25, 0.3) is 0 Å². The maximum atomic E-state index is 12.8. The summed E-state index contributed by atoms with van der Waals surface area (Å²) in [6.07, 6.45) is 0. The number of carbonyl (C=O) groups is 1. The Balaban J connectivity index is 2.43. The zero-order valence-corrected chi connectivity index (χ0v) is 9.01. The zero-order valence-electron chi connectivity index (χ0n) is 9.01. The summed E-state index contributed by atoms with van der Waals surface area (Å²) in [6.45, 7) is 0. The molecule has 0 heterocycles. The second-order valence-electron chi connectivity index (χ2n) is 3.49. The average molecular weight is 230 g/mol. The van der Waals surface area contributed by atoms with E-state index in [1.807, 2.05) is 6.07 Å². The Bertz CT molecular complexity index is 511. The van der Waals surface area contributed by atoms with Gasteiger partial charge in [0.2, 0.25) is 0 Å². The van der Waals surface area contributed by atoms with Crippen molar-refractivity contribution >= 4 is 17.4 Å². The molecule has 2 amide bonds. The largest absolute Gasteiger partial charge is 0.351 e. The van der Waals surface area contributed by atoms with Gasteiger partial charge in [0, 0.05) is 0 Å². The Labute approximate surface area is 98.3 Å². The number of benzene rings is 2. The van der Waals surface area contributed by atoms with Crippen LogP contribution in [0.4, 0.5) is 20.6 Å². The van der Waals surface area contributed by atoms with Crippen LogP contribution >= 0.6 is 0 Å². The van der Waals surface area contributed by atoms with Gasteiger partial charge in [0.1, 0.15) is 5.82 Å². The fourth-order valence-electron chi connectivity index (χ4n) is 1.57. The first-order valence-electron chi connectivity index (χ1n) is 5.08. The van der Waals surface area contributed by atoms with E-state index in [0.29, 0.717) is 11.4 Å². The number of halogens is 1. The van der Waals surface area contributed by atoms with Crippen molar-refractivity contribution in [1.29, 1.82) is 0 Å². The van der Waals surface area contributed by atoms with Gasteiger partial charge in [-0.1, -0.05) is 18.2 Å². The minimum absolute atomic E-state index is 0.355. The van der Waals surface area contributed by atoms with Gasteiger partial charge in [-0.05, 0) is 36.4 Å². The molecule has 0 aliphatic heterocycles. The van der Waals surface area contributed by atoms with Crippen molar-refractivity contribution in [1.82, 2.24) is 0 Å². The molecule has 3 nitrogen and oxygen atoms in total. The fraction of sp³-hybridized carbons (Fsp3) is 0. The Morgan fingerprint density at radius 3 is 2.00 bits per heavy atom. The molecule has 0 unspecified atom stereocenters. The summed E-state index contributed by atoms with van der Waals surface area (Å²) in [7, 11) is 0. The molecular formula is C13H11FN2O. The predicted octanol–water partition coefficient (Wildman–Crippen LogP) is 3.04. The summed E-state index contributed by atoms with van der Waals surface area (Å²) in [5.41, 5.74) is 6.51. The third-order valence-electron chi connectivity index (χ3n) is 2.32. The van der Waals surface area contributed by atoms with Crippen molar-refractivity contribution in [3.05, 3.63) is 60.4 Å². The minimum Gasteiger partial charge on any atom is -0.351 e. The van der Waals surface area contributed by atoms with Gasteiger partial charge in [-0.15, -0.1) is 0 Å². The van der Waals surface area contributed by atoms with E-state index in [4.69, 9.17) is 5.73 Å². The maximum absolute atomic E-state index is 12.8. The number of para-hydroxylation sites is 1. The summed E-state index contributed by atoms with van der Waals surface area (Å²) in [5, 5.41) is 0. The SMILES string of the molecule is NC(=O)N(c1ccccc1)c1ccc(F)cc1. The lowest BCUT2D eigenvalue weighted by molar-refractivity contribution is 0.256. The number of primary amides is 1. The van der Waals surface area contributed by atoms with Crippen LogP contribution in [-0.4, -0.2) is 6.03 Å². The number of hydrogen-bond acceptors (Lipinski definition) is 1. The lowest BCUT2D eigenvalue weighted by Gasteiger charge is -2.20. The molecule has 0 aliphatic carbocycles. The summed E-state index contributed by atoms with van der Waals surface area (Å²) in [6, 6.07) is 13.9. The van der Waals surface area contributed by atoms with Gasteiger partial charge in [-0.2, -0.15) is 0 Å². The van der Waals surface area contributed by atoms with Gasteiger partial charge in [0.15, 0.2) is 0 Å². The molecule has 4 heteroatoms. The van der Waals surface area contributed by atoms with E-state index >= 15 is 0 Å². The van der Waals surface area contributed by atoms with Gasteiger partial charge in [0.25, 0.3) is 0 Å². The smallest absolute Gasteiger partial charge is 0.323 e. The average Bonchev–Trinajstić information content (AvgIpc) is 2.33. The van der Waals surface area contributed by atoms with Crippen LogP contribution in [0.1, 0.15) is 0 Å². The quantitative estimate of drug-likeness (QED) is 0.846. The van der Waals surface area contributed by atoms with Crippen molar-refractivity contribution in [3.63, 3.8) is 0 Å². The van der Waals surface area contributed by atoms with Gasteiger partial charge in [0.05, 0.1) is 11.4 Å². The maximum Gasteiger partial charge on any atom is 0.323 e. The predicted molar refractivity (Wildman–Crippen MR) is 64.6 cm³/mol. The van der Waals surface area contributed by atoms with E-state index in [1.54, 1.807) is 24.3 Å². The zero-order chi connectivity index (χ0) is 12.3. The molecule has 2 aromatic carbocycles. The van der Waals surface area contributed by atoms with E-state index in [1.165, 1.54) is 29.2 Å². The highest BCUT2D eigenvalue weighted by Crippen LogP contribution is 2.24. The molecule has 0 saturated heterocycles. The number of hydrogen-bond donors (Lipinski definition) is 1. The van der Waals surface area contributed by atoms with Gasteiger partial charge in [-0.25, -0.2) is 9.18 Å². The highest BCUT2D eigenvalue weighted by atomic mass is 19.1. The Hall–Kier alpha value is -2.36. The van der Waals surface area contributed by atoms with Crippen molar-refractivity contribution < 1.29 is 9.18 Å². The van der Waals surface area contributed by atoms with Crippen LogP contribution in [0.2, 0.25) is 0 Å². The molecule has 0 spiro atoms. The van der Waals surface area contributed by atoms with Crippen LogP contribution in [0.15, 0.2) is 54.6 Å². The summed E-state index contributed by atoms with van der Waals surface area (Å²) < 4.78 is 12.8. The number of nitrogens with zero attached hydrogens (tertiary/aromatic N) is 1. The molecule has 0 bridgehead atoms. The van der Waals surface area contributed by atoms with E-state index < -0.39 is 6.03 Å².